The lowest BCUT2D eigenvalue weighted by atomic mass is 10.2. The summed E-state index contributed by atoms with van der Waals surface area (Å²) in [7, 11) is 0. The van der Waals surface area contributed by atoms with Crippen molar-refractivity contribution < 1.29 is 0 Å². The number of nitrogens with one attached hydrogen (secondary N) is 1. The van der Waals surface area contributed by atoms with Gasteiger partial charge in [0.15, 0.2) is 5.82 Å². The molecule has 0 unspecified atom stereocenters. The molecule has 0 aliphatic carbocycles. The Bertz CT molecular complexity index is 388. The average Bonchev–Trinajstić information content (AvgIpc) is 2.67. The lowest BCUT2D eigenvalue weighted by Crippen LogP contribution is -1.97. The summed E-state index contributed by atoms with van der Waals surface area (Å²) in [6.07, 6.45) is 0. The highest BCUT2D eigenvalue weighted by molar-refractivity contribution is 8.93. The van der Waals surface area contributed by atoms with Gasteiger partial charge in [0.25, 0.3) is 0 Å². The molecule has 0 saturated carbocycles. The molecule has 0 spiro atoms. The zero-order chi connectivity index (χ0) is 9.10. The molecule has 0 bridgehead atoms. The van der Waals surface area contributed by atoms with E-state index >= 15 is 0 Å². The Morgan fingerprint density at radius 2 is 1.80 bits per heavy atom. The smallest absolute Gasteiger partial charge is 0.181 e. The second-order valence-electron chi connectivity index (χ2n) is 2.68. The maximum Gasteiger partial charge on any atom is 0.181 e. The van der Waals surface area contributed by atoms with Crippen LogP contribution in [0.4, 0.5) is 0 Å². The van der Waals surface area contributed by atoms with Gasteiger partial charge in [-0.2, -0.15) is 5.10 Å². The van der Waals surface area contributed by atoms with E-state index in [9.17, 15) is 0 Å². The fourth-order valence-electron chi connectivity index (χ4n) is 1.10. The van der Waals surface area contributed by atoms with Crippen LogP contribution in [-0.4, -0.2) is 15.2 Å². The van der Waals surface area contributed by atoms with Crippen molar-refractivity contribution >= 4 is 34.0 Å². The highest BCUT2D eigenvalue weighted by Crippen LogP contribution is 2.12. The van der Waals surface area contributed by atoms with E-state index in [0.717, 1.165) is 5.56 Å². The first kappa shape index (κ1) is 14.3. The molecule has 82 valence electrons. The van der Waals surface area contributed by atoms with E-state index < -0.39 is 0 Å². The summed E-state index contributed by atoms with van der Waals surface area (Å²) in [6.45, 7) is 0.389. The van der Waals surface area contributed by atoms with Crippen LogP contribution in [0, 0.1) is 0 Å². The van der Waals surface area contributed by atoms with Crippen molar-refractivity contribution in [2.75, 3.05) is 0 Å². The van der Waals surface area contributed by atoms with Gasteiger partial charge >= 0.3 is 0 Å². The zero-order valence-corrected chi connectivity index (χ0v) is 11.3. The second kappa shape index (κ2) is 6.71. The summed E-state index contributed by atoms with van der Waals surface area (Å²) < 4.78 is 0. The van der Waals surface area contributed by atoms with Crippen molar-refractivity contribution in [2.24, 2.45) is 5.73 Å². The molecule has 1 aromatic heterocycles. The number of rotatable bonds is 2. The molecule has 15 heavy (non-hydrogen) atoms. The Hall–Kier alpha value is -0.720. The number of benzene rings is 1. The van der Waals surface area contributed by atoms with Gasteiger partial charge in [-0.15, -0.1) is 34.0 Å². The molecule has 0 aliphatic heterocycles. The number of H-pyrrole nitrogens is 1. The van der Waals surface area contributed by atoms with Gasteiger partial charge in [0, 0.05) is 5.56 Å². The van der Waals surface area contributed by atoms with Crippen LogP contribution in [-0.2, 0) is 6.54 Å². The topological polar surface area (TPSA) is 67.6 Å². The third kappa shape index (κ3) is 3.40. The molecule has 0 saturated heterocycles. The Labute approximate surface area is 109 Å². The predicted molar refractivity (Wildman–Crippen MR) is 70.4 cm³/mol. The Morgan fingerprint density at radius 3 is 2.33 bits per heavy atom. The summed E-state index contributed by atoms with van der Waals surface area (Å²) in [6, 6.07) is 9.79. The van der Waals surface area contributed by atoms with Crippen molar-refractivity contribution in [1.29, 1.82) is 0 Å². The number of aromatic nitrogens is 3. The van der Waals surface area contributed by atoms with Crippen molar-refractivity contribution in [3.63, 3.8) is 0 Å². The number of halogens is 2. The van der Waals surface area contributed by atoms with Gasteiger partial charge in [-0.1, -0.05) is 30.3 Å². The van der Waals surface area contributed by atoms with Crippen LogP contribution in [0.5, 0.6) is 0 Å². The van der Waals surface area contributed by atoms with E-state index in [1.807, 2.05) is 30.3 Å². The van der Waals surface area contributed by atoms with E-state index in [1.165, 1.54) is 0 Å². The quantitative estimate of drug-likeness (QED) is 0.883. The Kier molecular flexibility index (Phi) is 6.38. The minimum Gasteiger partial charge on any atom is -0.324 e. The van der Waals surface area contributed by atoms with E-state index in [0.29, 0.717) is 18.2 Å². The standard InChI is InChI=1S/C9H10N4.2BrH/c10-6-8-11-9(13-12-8)7-4-2-1-3-5-7;;/h1-5H,6,10H2,(H,11,12,13);2*1H. The van der Waals surface area contributed by atoms with Gasteiger partial charge in [0.2, 0.25) is 0 Å². The summed E-state index contributed by atoms with van der Waals surface area (Å²) in [4.78, 5) is 4.21. The number of hydrogen-bond donors (Lipinski definition) is 2. The van der Waals surface area contributed by atoms with Crippen molar-refractivity contribution in [3.05, 3.63) is 36.2 Å². The van der Waals surface area contributed by atoms with E-state index in [2.05, 4.69) is 15.2 Å². The minimum atomic E-state index is 0. The van der Waals surface area contributed by atoms with Crippen molar-refractivity contribution in [2.45, 2.75) is 6.54 Å². The highest BCUT2D eigenvalue weighted by atomic mass is 79.9. The zero-order valence-electron chi connectivity index (χ0n) is 7.88. The molecule has 2 rings (SSSR count). The molecule has 0 radical (unpaired) electrons. The first-order valence-corrected chi connectivity index (χ1v) is 4.07. The molecule has 0 atom stereocenters. The van der Waals surface area contributed by atoms with Gasteiger partial charge < -0.3 is 5.73 Å². The summed E-state index contributed by atoms with van der Waals surface area (Å²) in [5.74, 6) is 1.40. The molecule has 1 aromatic carbocycles. The molecule has 1 heterocycles. The summed E-state index contributed by atoms with van der Waals surface area (Å²) >= 11 is 0. The normalized spacial score (nSPS) is 8.87. The third-order valence-corrected chi connectivity index (χ3v) is 1.76. The lowest BCUT2D eigenvalue weighted by molar-refractivity contribution is 0.917. The highest BCUT2D eigenvalue weighted by Gasteiger charge is 2.02. The first-order valence-electron chi connectivity index (χ1n) is 4.07. The number of nitrogens with two attached hydrogens (primary N) is 1. The molecular weight excluding hydrogens is 324 g/mol. The molecule has 6 heteroatoms. The van der Waals surface area contributed by atoms with Crippen LogP contribution in [0.2, 0.25) is 0 Å². The maximum atomic E-state index is 5.41. The summed E-state index contributed by atoms with van der Waals surface area (Å²) in [5.41, 5.74) is 6.41. The molecule has 0 amide bonds. The number of aromatic amines is 1. The van der Waals surface area contributed by atoms with Gasteiger partial charge in [0.1, 0.15) is 5.82 Å². The molecule has 0 fully saturated rings. The molecule has 2 aromatic rings. The fraction of sp³-hybridized carbons (Fsp3) is 0.111. The van der Waals surface area contributed by atoms with Crippen LogP contribution in [0.1, 0.15) is 5.82 Å². The maximum absolute atomic E-state index is 5.41. The molecule has 3 N–H and O–H groups in total. The lowest BCUT2D eigenvalue weighted by Gasteiger charge is -1.91. The van der Waals surface area contributed by atoms with E-state index in [-0.39, 0.29) is 34.0 Å². The number of hydrogen-bond acceptors (Lipinski definition) is 3. The Balaban J connectivity index is 0.000000980. The van der Waals surface area contributed by atoms with Crippen molar-refractivity contribution in [1.82, 2.24) is 15.2 Å². The van der Waals surface area contributed by atoms with Crippen molar-refractivity contribution in [3.8, 4) is 11.4 Å². The first-order chi connectivity index (χ1) is 6.40. The molecule has 4 nitrogen and oxygen atoms in total. The summed E-state index contributed by atoms with van der Waals surface area (Å²) in [5, 5.41) is 6.81. The van der Waals surface area contributed by atoms with Crippen LogP contribution in [0.3, 0.4) is 0 Å². The third-order valence-electron chi connectivity index (χ3n) is 1.76. The van der Waals surface area contributed by atoms with E-state index in [4.69, 9.17) is 5.73 Å². The van der Waals surface area contributed by atoms with Gasteiger partial charge in [-0.3, -0.25) is 5.10 Å². The van der Waals surface area contributed by atoms with E-state index in [1.54, 1.807) is 0 Å². The van der Waals surface area contributed by atoms with Crippen LogP contribution in [0.25, 0.3) is 11.4 Å². The minimum absolute atomic E-state index is 0. The molecular formula is C9H12Br2N4. The fourth-order valence-corrected chi connectivity index (χ4v) is 1.10. The average molecular weight is 336 g/mol. The SMILES string of the molecule is Br.Br.NCc1nc(-c2ccccc2)n[nH]1. The largest absolute Gasteiger partial charge is 0.324 e. The predicted octanol–water partition coefficient (Wildman–Crippen LogP) is 2.09. The Morgan fingerprint density at radius 1 is 1.13 bits per heavy atom. The van der Waals surface area contributed by atoms with Gasteiger partial charge in [0.05, 0.1) is 6.54 Å². The van der Waals surface area contributed by atoms with Gasteiger partial charge in [-0.05, 0) is 0 Å². The van der Waals surface area contributed by atoms with Crippen LogP contribution >= 0.6 is 34.0 Å². The van der Waals surface area contributed by atoms with Crippen LogP contribution in [0.15, 0.2) is 30.3 Å². The number of nitrogens with zero attached hydrogens (tertiary/aromatic N) is 2. The monoisotopic (exact) mass is 334 g/mol. The van der Waals surface area contributed by atoms with Gasteiger partial charge in [-0.25, -0.2) is 4.98 Å². The second-order valence-corrected chi connectivity index (χ2v) is 2.68. The van der Waals surface area contributed by atoms with Crippen LogP contribution < -0.4 is 5.73 Å². The molecule has 0 aliphatic rings.